The van der Waals surface area contributed by atoms with Gasteiger partial charge in [0.2, 0.25) is 5.91 Å². The van der Waals surface area contributed by atoms with Gasteiger partial charge in [0, 0.05) is 49.9 Å². The molecule has 8 heteroatoms. The molecule has 3 fully saturated rings. The van der Waals surface area contributed by atoms with Crippen molar-refractivity contribution in [2.45, 2.75) is 57.5 Å². The van der Waals surface area contributed by atoms with Gasteiger partial charge in [0.25, 0.3) is 5.91 Å². The first-order chi connectivity index (χ1) is 14.5. The van der Waals surface area contributed by atoms with Crippen LogP contribution in [-0.2, 0) is 4.79 Å². The molecule has 3 heterocycles. The highest BCUT2D eigenvalue weighted by Crippen LogP contribution is 2.40. The van der Waals surface area contributed by atoms with Crippen molar-refractivity contribution in [2.75, 3.05) is 32.7 Å². The van der Waals surface area contributed by atoms with Gasteiger partial charge in [-0.1, -0.05) is 0 Å². The lowest BCUT2D eigenvalue weighted by Crippen LogP contribution is -2.51. The number of carbonyl (C=O) groups excluding carboxylic acids is 2. The average molecular weight is 411 g/mol. The first-order valence-corrected chi connectivity index (χ1v) is 11.2. The Morgan fingerprint density at radius 3 is 2.50 bits per heavy atom. The van der Waals surface area contributed by atoms with Crippen molar-refractivity contribution in [3.63, 3.8) is 0 Å². The van der Waals surface area contributed by atoms with Crippen molar-refractivity contribution in [3.8, 4) is 0 Å². The number of pyridine rings is 1. The number of rotatable bonds is 6. The predicted molar refractivity (Wildman–Crippen MR) is 113 cm³/mol. The van der Waals surface area contributed by atoms with E-state index in [1.807, 2.05) is 15.6 Å². The molecule has 1 N–H and O–H groups in total. The second kappa shape index (κ2) is 7.65. The Morgan fingerprint density at radius 1 is 1.13 bits per heavy atom. The number of hydrogen-bond donors (Lipinski definition) is 1. The zero-order valence-electron chi connectivity index (χ0n) is 17.8. The van der Waals surface area contributed by atoms with Crippen molar-refractivity contribution in [3.05, 3.63) is 23.5 Å². The summed E-state index contributed by atoms with van der Waals surface area (Å²) in [6.07, 6.45) is 6.27. The smallest absolute Gasteiger partial charge is 0.254 e. The lowest BCUT2D eigenvalue weighted by molar-refractivity contribution is -0.122. The molecule has 160 valence electrons. The van der Waals surface area contributed by atoms with Crippen LogP contribution in [0.15, 0.2) is 12.3 Å². The summed E-state index contributed by atoms with van der Waals surface area (Å²) in [5.41, 5.74) is 2.55. The fourth-order valence-corrected chi connectivity index (χ4v) is 4.16. The molecular formula is C22H30N6O2. The van der Waals surface area contributed by atoms with Gasteiger partial charge < -0.3 is 10.2 Å². The molecule has 5 rings (SSSR count). The summed E-state index contributed by atoms with van der Waals surface area (Å²) in [5.74, 6) is 0.622. The highest BCUT2D eigenvalue weighted by molar-refractivity contribution is 6.05. The van der Waals surface area contributed by atoms with Gasteiger partial charge in [-0.2, -0.15) is 5.10 Å². The van der Waals surface area contributed by atoms with Crippen LogP contribution in [-0.4, -0.2) is 75.1 Å². The first kappa shape index (κ1) is 19.5. The average Bonchev–Trinajstić information content (AvgIpc) is 3.66. The molecule has 0 atom stereocenters. The third kappa shape index (κ3) is 3.93. The van der Waals surface area contributed by atoms with Crippen LogP contribution in [0.2, 0.25) is 0 Å². The molecule has 0 radical (unpaired) electrons. The molecule has 30 heavy (non-hydrogen) atoms. The van der Waals surface area contributed by atoms with E-state index in [4.69, 9.17) is 4.98 Å². The number of piperazine rings is 1. The molecule has 2 aromatic rings. The number of amides is 2. The van der Waals surface area contributed by atoms with E-state index in [2.05, 4.69) is 29.2 Å². The van der Waals surface area contributed by atoms with Gasteiger partial charge >= 0.3 is 0 Å². The Bertz CT molecular complexity index is 967. The second-order valence-corrected chi connectivity index (χ2v) is 9.20. The van der Waals surface area contributed by atoms with E-state index < -0.39 is 0 Å². The molecule has 2 aliphatic carbocycles. The van der Waals surface area contributed by atoms with Crippen molar-refractivity contribution < 1.29 is 9.59 Å². The maximum atomic E-state index is 13.4. The monoisotopic (exact) mass is 410 g/mol. The van der Waals surface area contributed by atoms with E-state index in [0.717, 1.165) is 55.5 Å². The van der Waals surface area contributed by atoms with Crippen LogP contribution in [0.25, 0.3) is 11.0 Å². The van der Waals surface area contributed by atoms with E-state index in [-0.39, 0.29) is 17.9 Å². The third-order valence-electron chi connectivity index (χ3n) is 6.27. The van der Waals surface area contributed by atoms with Gasteiger partial charge in [0.05, 0.1) is 23.7 Å². The Labute approximate surface area is 176 Å². The first-order valence-electron chi connectivity index (χ1n) is 11.2. The van der Waals surface area contributed by atoms with E-state index >= 15 is 0 Å². The van der Waals surface area contributed by atoms with E-state index in [1.54, 1.807) is 6.20 Å². The minimum absolute atomic E-state index is 0.0506. The lowest BCUT2D eigenvalue weighted by atomic mass is 10.1. The Morgan fingerprint density at radius 2 is 1.87 bits per heavy atom. The number of aromatic nitrogens is 3. The maximum absolute atomic E-state index is 13.4. The van der Waals surface area contributed by atoms with E-state index in [0.29, 0.717) is 37.2 Å². The highest BCUT2D eigenvalue weighted by Gasteiger charge is 2.31. The normalized spacial score (nSPS) is 20.2. The van der Waals surface area contributed by atoms with Gasteiger partial charge in [-0.25, -0.2) is 9.67 Å². The van der Waals surface area contributed by atoms with Crippen LogP contribution in [0.4, 0.5) is 0 Å². The fraction of sp³-hybridized carbons (Fsp3) is 0.636. The minimum atomic E-state index is 0.0506. The third-order valence-corrected chi connectivity index (χ3v) is 6.27. The molecular weight excluding hydrogens is 380 g/mol. The van der Waals surface area contributed by atoms with Crippen LogP contribution in [0, 0.1) is 0 Å². The Kier molecular flexibility index (Phi) is 4.97. The fourth-order valence-electron chi connectivity index (χ4n) is 4.16. The van der Waals surface area contributed by atoms with Crippen molar-refractivity contribution in [1.82, 2.24) is 29.9 Å². The summed E-state index contributed by atoms with van der Waals surface area (Å²) >= 11 is 0. The van der Waals surface area contributed by atoms with Crippen molar-refractivity contribution in [1.29, 1.82) is 0 Å². The SMILES string of the molecule is CC(C)n1ncc2c(C(=O)N3CCN(CC(=O)NC4CC4)CC3)cc(C3CC3)nc21. The molecule has 2 saturated carbocycles. The minimum Gasteiger partial charge on any atom is -0.352 e. The van der Waals surface area contributed by atoms with Crippen LogP contribution >= 0.6 is 0 Å². The summed E-state index contributed by atoms with van der Waals surface area (Å²) in [6, 6.07) is 2.57. The summed E-state index contributed by atoms with van der Waals surface area (Å²) in [5, 5.41) is 8.38. The van der Waals surface area contributed by atoms with Gasteiger partial charge in [0.1, 0.15) is 0 Å². The molecule has 2 amide bonds. The molecule has 0 aromatic carbocycles. The predicted octanol–water partition coefficient (Wildman–Crippen LogP) is 1.93. The molecule has 0 bridgehead atoms. The number of hydrogen-bond acceptors (Lipinski definition) is 5. The topological polar surface area (TPSA) is 83.4 Å². The zero-order chi connectivity index (χ0) is 20.8. The lowest BCUT2D eigenvalue weighted by Gasteiger charge is -2.34. The van der Waals surface area contributed by atoms with Gasteiger partial charge in [-0.15, -0.1) is 0 Å². The highest BCUT2D eigenvalue weighted by atomic mass is 16.2. The summed E-state index contributed by atoms with van der Waals surface area (Å²) in [6.45, 7) is 7.30. The summed E-state index contributed by atoms with van der Waals surface area (Å²) < 4.78 is 1.91. The van der Waals surface area contributed by atoms with E-state index in [1.165, 1.54) is 0 Å². The Balaban J connectivity index is 1.31. The number of fused-ring (bicyclic) bond motifs is 1. The molecule has 8 nitrogen and oxygen atoms in total. The van der Waals surface area contributed by atoms with Crippen molar-refractivity contribution >= 4 is 22.8 Å². The van der Waals surface area contributed by atoms with Gasteiger partial charge in [-0.3, -0.25) is 14.5 Å². The quantitative estimate of drug-likeness (QED) is 0.787. The van der Waals surface area contributed by atoms with Crippen LogP contribution < -0.4 is 5.32 Å². The summed E-state index contributed by atoms with van der Waals surface area (Å²) in [4.78, 5) is 34.4. The standard InChI is InChI=1S/C22H30N6O2/c1-14(2)28-21-18(12-23-28)17(11-19(25-21)15-3-4-15)22(30)27-9-7-26(8-10-27)13-20(29)24-16-5-6-16/h11-12,14-16H,3-10,13H2,1-2H3,(H,24,29). The van der Waals surface area contributed by atoms with Gasteiger partial charge in [-0.05, 0) is 45.6 Å². The van der Waals surface area contributed by atoms with Crippen molar-refractivity contribution in [2.24, 2.45) is 0 Å². The number of carbonyl (C=O) groups is 2. The molecule has 0 unspecified atom stereocenters. The summed E-state index contributed by atoms with van der Waals surface area (Å²) in [7, 11) is 0. The van der Waals surface area contributed by atoms with Crippen LogP contribution in [0.5, 0.6) is 0 Å². The van der Waals surface area contributed by atoms with E-state index in [9.17, 15) is 9.59 Å². The molecule has 2 aromatic heterocycles. The number of nitrogens with zero attached hydrogens (tertiary/aromatic N) is 5. The number of nitrogens with one attached hydrogen (secondary N) is 1. The largest absolute Gasteiger partial charge is 0.352 e. The second-order valence-electron chi connectivity index (χ2n) is 9.20. The maximum Gasteiger partial charge on any atom is 0.254 e. The Hall–Kier alpha value is -2.48. The van der Waals surface area contributed by atoms with Crippen LogP contribution in [0.1, 0.15) is 67.5 Å². The molecule has 0 spiro atoms. The van der Waals surface area contributed by atoms with Crippen LogP contribution in [0.3, 0.4) is 0 Å². The molecule has 1 aliphatic heterocycles. The molecule has 1 saturated heterocycles. The van der Waals surface area contributed by atoms with Gasteiger partial charge in [0.15, 0.2) is 5.65 Å². The molecule has 3 aliphatic rings. The zero-order valence-corrected chi connectivity index (χ0v) is 17.8.